The Hall–Kier alpha value is -3.79. The van der Waals surface area contributed by atoms with Crippen LogP contribution in [0, 0.1) is 0 Å². The molecule has 128 valence electrons. The van der Waals surface area contributed by atoms with Crippen molar-refractivity contribution in [3.8, 4) is 22.8 Å². The zero-order chi connectivity index (χ0) is 18.0. The average molecular weight is 359 g/mol. The van der Waals surface area contributed by atoms with E-state index in [0.717, 1.165) is 22.4 Å². The highest BCUT2D eigenvalue weighted by molar-refractivity contribution is 6.06. The highest BCUT2D eigenvalue weighted by Crippen LogP contribution is 2.56. The van der Waals surface area contributed by atoms with Crippen LogP contribution in [0.3, 0.4) is 0 Å². The molecule has 0 N–H and O–H groups in total. The van der Waals surface area contributed by atoms with Gasteiger partial charge in [-0.2, -0.15) is 0 Å². The van der Waals surface area contributed by atoms with Gasteiger partial charge in [0.15, 0.2) is 23.5 Å². The summed E-state index contributed by atoms with van der Waals surface area (Å²) in [7, 11) is 0. The number of hydrogen-bond acceptors (Lipinski definition) is 2. The first kappa shape index (κ1) is 13.4. The summed E-state index contributed by atoms with van der Waals surface area (Å²) < 4.78 is 11.3. The van der Waals surface area contributed by atoms with Crippen molar-refractivity contribution in [3.63, 3.8) is 0 Å². The van der Waals surface area contributed by atoms with Crippen LogP contribution in [0.25, 0.3) is 33.1 Å². The van der Waals surface area contributed by atoms with Gasteiger partial charge in [0, 0.05) is 24.4 Å². The molecule has 8 rings (SSSR count). The van der Waals surface area contributed by atoms with Gasteiger partial charge in [0.25, 0.3) is 0 Å². The van der Waals surface area contributed by atoms with Crippen LogP contribution in [0.15, 0.2) is 79.3 Å². The third-order valence-electron chi connectivity index (χ3n) is 6.53. The van der Waals surface area contributed by atoms with Gasteiger partial charge in [-0.1, -0.05) is 6.07 Å². The van der Waals surface area contributed by atoms with E-state index in [0.29, 0.717) is 0 Å². The van der Waals surface area contributed by atoms with Crippen LogP contribution in [-0.2, 0) is 5.66 Å². The van der Waals surface area contributed by atoms with E-state index in [1.165, 1.54) is 33.3 Å². The molecular weight excluding hydrogens is 346 g/mol. The standard InChI is InChI=1S/C24H13N3O/c1-2-11-26-17(7-1)15-6-3-8-18-21(15)24(26)22-19(28-18)10-9-16-20(22)23-14(13-25-16)5-4-12-27(23)24/h1-13H/q+2. The van der Waals surface area contributed by atoms with Gasteiger partial charge in [-0.05, 0) is 36.4 Å². The first-order valence-corrected chi connectivity index (χ1v) is 9.49. The lowest BCUT2D eigenvalue weighted by Crippen LogP contribution is -2.71. The van der Waals surface area contributed by atoms with E-state index in [1.54, 1.807) is 0 Å². The number of benzene rings is 2. The van der Waals surface area contributed by atoms with Crippen LogP contribution >= 0.6 is 0 Å². The minimum Gasteiger partial charge on any atom is -0.456 e. The fourth-order valence-corrected chi connectivity index (χ4v) is 5.63. The van der Waals surface area contributed by atoms with E-state index in [2.05, 4.69) is 82.2 Å². The molecule has 6 heterocycles. The first-order chi connectivity index (χ1) is 13.9. The summed E-state index contributed by atoms with van der Waals surface area (Å²) in [5, 5.41) is 2.34. The highest BCUT2D eigenvalue weighted by atomic mass is 16.5. The quantitative estimate of drug-likeness (QED) is 0.306. The van der Waals surface area contributed by atoms with Gasteiger partial charge < -0.3 is 4.74 Å². The van der Waals surface area contributed by atoms with Crippen molar-refractivity contribution in [2.75, 3.05) is 0 Å². The zero-order valence-corrected chi connectivity index (χ0v) is 14.8. The molecule has 1 atom stereocenters. The lowest BCUT2D eigenvalue weighted by atomic mass is 9.87. The van der Waals surface area contributed by atoms with Crippen molar-refractivity contribution in [2.24, 2.45) is 0 Å². The van der Waals surface area contributed by atoms with Crippen LogP contribution < -0.4 is 13.9 Å². The maximum Gasteiger partial charge on any atom is 0.425 e. The minimum atomic E-state index is -0.472. The van der Waals surface area contributed by atoms with Crippen molar-refractivity contribution in [1.82, 2.24) is 4.98 Å². The molecular formula is C24H13N3O+2. The number of fused-ring (bicyclic) bond motifs is 2. The number of pyridine rings is 3. The van der Waals surface area contributed by atoms with Crippen LogP contribution in [0.4, 0.5) is 0 Å². The predicted octanol–water partition coefficient (Wildman–Crippen LogP) is 3.66. The van der Waals surface area contributed by atoms with Crippen molar-refractivity contribution >= 4 is 21.8 Å². The average Bonchev–Trinajstić information content (AvgIpc) is 3.24. The van der Waals surface area contributed by atoms with Crippen LogP contribution in [0.5, 0.6) is 11.5 Å². The monoisotopic (exact) mass is 359 g/mol. The Bertz CT molecular complexity index is 1560. The second-order valence-electron chi connectivity index (χ2n) is 7.68. The number of rotatable bonds is 0. The SMILES string of the molecule is c1cc2c3c(c1)-c1cccc[n+]1C31c3c(ccc4ncc5ccc[n+]1c5c34)O2. The van der Waals surface area contributed by atoms with E-state index in [1.807, 2.05) is 6.20 Å². The molecule has 0 saturated carbocycles. The van der Waals surface area contributed by atoms with Gasteiger partial charge in [0.05, 0.1) is 21.9 Å². The summed E-state index contributed by atoms with van der Waals surface area (Å²) >= 11 is 0. The largest absolute Gasteiger partial charge is 0.456 e. The maximum atomic E-state index is 6.46. The molecule has 0 amide bonds. The molecule has 0 bridgehead atoms. The lowest BCUT2D eigenvalue weighted by molar-refractivity contribution is -0.950. The molecule has 3 aliphatic rings. The molecule has 28 heavy (non-hydrogen) atoms. The Kier molecular flexibility index (Phi) is 1.93. The van der Waals surface area contributed by atoms with Crippen molar-refractivity contribution in [1.29, 1.82) is 0 Å². The maximum absolute atomic E-state index is 6.46. The summed E-state index contributed by atoms with van der Waals surface area (Å²) in [6.45, 7) is 0. The summed E-state index contributed by atoms with van der Waals surface area (Å²) in [5.74, 6) is 1.85. The molecule has 4 heteroatoms. The second-order valence-corrected chi connectivity index (χ2v) is 7.68. The third kappa shape index (κ3) is 1.15. The van der Waals surface area contributed by atoms with Crippen LogP contribution in [0.1, 0.15) is 11.1 Å². The normalized spacial score (nSPS) is 19.1. The fourth-order valence-electron chi connectivity index (χ4n) is 5.63. The Morgan fingerprint density at radius 2 is 1.71 bits per heavy atom. The summed E-state index contributed by atoms with van der Waals surface area (Å²) in [6, 6.07) is 21.2. The topological polar surface area (TPSA) is 29.9 Å². The van der Waals surface area contributed by atoms with Gasteiger partial charge in [0.2, 0.25) is 11.2 Å². The van der Waals surface area contributed by atoms with Crippen molar-refractivity contribution in [3.05, 3.63) is 90.4 Å². The highest BCUT2D eigenvalue weighted by Gasteiger charge is 2.70. The Morgan fingerprint density at radius 1 is 0.786 bits per heavy atom. The van der Waals surface area contributed by atoms with E-state index < -0.39 is 5.66 Å². The smallest absolute Gasteiger partial charge is 0.425 e. The first-order valence-electron chi connectivity index (χ1n) is 9.49. The van der Waals surface area contributed by atoms with Crippen molar-refractivity contribution < 1.29 is 13.9 Å². The van der Waals surface area contributed by atoms with Gasteiger partial charge in [-0.25, -0.2) is 0 Å². The van der Waals surface area contributed by atoms with Gasteiger partial charge in [0.1, 0.15) is 11.5 Å². The van der Waals surface area contributed by atoms with E-state index >= 15 is 0 Å². The Morgan fingerprint density at radius 3 is 2.71 bits per heavy atom. The minimum absolute atomic E-state index is 0.472. The molecule has 1 spiro atoms. The van der Waals surface area contributed by atoms with Gasteiger partial charge in [-0.15, -0.1) is 9.13 Å². The molecule has 3 aromatic heterocycles. The van der Waals surface area contributed by atoms with E-state index in [9.17, 15) is 0 Å². The van der Waals surface area contributed by atoms with Gasteiger partial charge >= 0.3 is 5.66 Å². The molecule has 1 unspecified atom stereocenters. The van der Waals surface area contributed by atoms with E-state index in [4.69, 9.17) is 9.72 Å². The molecule has 0 saturated heterocycles. The molecule has 4 nitrogen and oxygen atoms in total. The number of ether oxygens (including phenoxy) is 1. The molecule has 5 aromatic rings. The predicted molar refractivity (Wildman–Crippen MR) is 103 cm³/mol. The summed E-state index contributed by atoms with van der Waals surface area (Å²) in [4.78, 5) is 4.75. The summed E-state index contributed by atoms with van der Waals surface area (Å²) in [6.07, 6.45) is 6.37. The zero-order valence-electron chi connectivity index (χ0n) is 14.8. The second kappa shape index (κ2) is 4.04. The number of hydrogen-bond donors (Lipinski definition) is 0. The van der Waals surface area contributed by atoms with Crippen LogP contribution in [-0.4, -0.2) is 4.98 Å². The third-order valence-corrected chi connectivity index (χ3v) is 6.53. The van der Waals surface area contributed by atoms with Crippen molar-refractivity contribution in [2.45, 2.75) is 5.66 Å². The molecule has 0 aliphatic carbocycles. The summed E-state index contributed by atoms with van der Waals surface area (Å²) in [5.41, 5.74) is 6.61. The fraction of sp³-hybridized carbons (Fsp3) is 0.0417. The van der Waals surface area contributed by atoms with Gasteiger partial charge in [-0.3, -0.25) is 4.98 Å². The van der Waals surface area contributed by atoms with Crippen LogP contribution in [0.2, 0.25) is 0 Å². The Labute approximate surface area is 159 Å². The molecule has 0 radical (unpaired) electrons. The molecule has 0 fully saturated rings. The van der Waals surface area contributed by atoms with E-state index in [-0.39, 0.29) is 0 Å². The molecule has 2 aromatic carbocycles. The Balaban J connectivity index is 1.76. The lowest BCUT2D eigenvalue weighted by Gasteiger charge is -2.25. The number of nitrogens with zero attached hydrogens (tertiary/aromatic N) is 3. The molecule has 3 aliphatic heterocycles. The number of aromatic nitrogens is 3.